The predicted molar refractivity (Wildman–Crippen MR) is 148 cm³/mol. The Morgan fingerprint density at radius 3 is 2.68 bits per heavy atom. The van der Waals surface area contributed by atoms with Crippen LogP contribution >= 0.6 is 0 Å². The average Bonchev–Trinajstić information content (AvgIpc) is 3.39. The van der Waals surface area contributed by atoms with Gasteiger partial charge < -0.3 is 23.8 Å². The molecule has 3 atom stereocenters. The maximum Gasteiger partial charge on any atom is 0.410 e. The van der Waals surface area contributed by atoms with Gasteiger partial charge in [0, 0.05) is 40.7 Å². The molecular weight excluding hydrogens is 530 g/mol. The van der Waals surface area contributed by atoms with Gasteiger partial charge in [-0.3, -0.25) is 4.79 Å². The number of ether oxygens (including phenoxy) is 2. The molecule has 3 aromatic rings. The molecule has 8 nitrogen and oxygen atoms in total. The largest absolute Gasteiger partial charge is 0.444 e. The second kappa shape index (κ2) is 9.20. The van der Waals surface area contributed by atoms with Crippen molar-refractivity contribution >= 4 is 23.0 Å². The zero-order valence-electron chi connectivity index (χ0n) is 26.4. The van der Waals surface area contributed by atoms with E-state index in [0.717, 1.165) is 4.90 Å². The average molecular weight is 566 g/mol. The van der Waals surface area contributed by atoms with Crippen molar-refractivity contribution in [1.29, 1.82) is 0 Å². The molecule has 3 aliphatic heterocycles. The molecule has 1 unspecified atom stereocenters. The van der Waals surface area contributed by atoms with E-state index in [2.05, 4.69) is 11.8 Å². The fourth-order valence-corrected chi connectivity index (χ4v) is 5.92. The van der Waals surface area contributed by atoms with Crippen LogP contribution in [-0.2, 0) is 4.74 Å². The number of fused-ring (bicyclic) bond motifs is 9. The molecule has 0 radical (unpaired) electrons. The molecule has 0 spiro atoms. The molecule has 10 heteroatoms. The summed E-state index contributed by atoms with van der Waals surface area (Å²) in [4.78, 5) is 33.4. The molecule has 0 N–H and O–H groups in total. The van der Waals surface area contributed by atoms with Crippen molar-refractivity contribution in [3.63, 3.8) is 0 Å². The number of imidazole rings is 1. The maximum atomic E-state index is 13.6. The Labute approximate surface area is 241 Å². The summed E-state index contributed by atoms with van der Waals surface area (Å²) in [7, 11) is 0. The first-order valence-electron chi connectivity index (χ1n) is 14.9. The standard InChI is InChI=1S/C31H32F2N4O4/c1-30(2,3)41-29(39)36-16-18(31(36,4)5)12-10-17-11-13-20-21(14-17)37-22-15-23(26(37)34-20)35(6)27(38)19-8-7-9-24(25(19)22)40-28(32)33/h7-9,11,13-14,18,22-23,28H,15-16H2,1-6H3/t18?,22-,23-/m1/s1/i6D3. The quantitative estimate of drug-likeness (QED) is 0.370. The van der Waals surface area contributed by atoms with Crippen molar-refractivity contribution < 1.29 is 32.0 Å². The lowest BCUT2D eigenvalue weighted by Gasteiger charge is -2.52. The summed E-state index contributed by atoms with van der Waals surface area (Å²) >= 11 is 0. The van der Waals surface area contributed by atoms with E-state index < -0.39 is 42.7 Å². The highest BCUT2D eigenvalue weighted by Crippen LogP contribution is 2.50. The number of hydrogen-bond acceptors (Lipinski definition) is 5. The highest BCUT2D eigenvalue weighted by molar-refractivity contribution is 5.97. The van der Waals surface area contributed by atoms with Crippen molar-refractivity contribution in [2.45, 2.75) is 70.9 Å². The van der Waals surface area contributed by atoms with E-state index in [1.165, 1.54) is 18.2 Å². The maximum absolute atomic E-state index is 13.6. The van der Waals surface area contributed by atoms with Crippen LogP contribution in [0, 0.1) is 17.8 Å². The van der Waals surface area contributed by atoms with Gasteiger partial charge in [-0.1, -0.05) is 17.9 Å². The predicted octanol–water partition coefficient (Wildman–Crippen LogP) is 5.75. The summed E-state index contributed by atoms with van der Waals surface area (Å²) in [6, 6.07) is 7.98. The summed E-state index contributed by atoms with van der Waals surface area (Å²) < 4.78 is 63.5. The number of nitrogens with zero attached hydrogens (tertiary/aromatic N) is 4. The summed E-state index contributed by atoms with van der Waals surface area (Å²) in [5.41, 5.74) is 0.881. The van der Waals surface area contributed by atoms with E-state index in [-0.39, 0.29) is 35.3 Å². The SMILES string of the molecule is [2H]C([2H])([2H])N1C(=O)c2cccc(OC(F)F)c2[C@H]2C[C@@H]1c1nc3ccc(C#CC4CN(C(=O)OC(C)(C)C)C4(C)C)cc3n12. The van der Waals surface area contributed by atoms with E-state index in [1.54, 1.807) is 17.0 Å². The first-order chi connectivity index (χ1) is 20.5. The smallest absolute Gasteiger partial charge is 0.410 e. The fraction of sp³-hybridized carbons (Fsp3) is 0.452. The number of aromatic nitrogens is 2. The number of amides is 2. The summed E-state index contributed by atoms with van der Waals surface area (Å²) in [5, 5.41) is 0. The lowest BCUT2D eigenvalue weighted by molar-refractivity contribution is -0.0516. The molecule has 2 aromatic carbocycles. The molecule has 4 heterocycles. The van der Waals surface area contributed by atoms with Crippen LogP contribution in [0.1, 0.15) is 84.5 Å². The number of benzene rings is 2. The van der Waals surface area contributed by atoms with Crippen LogP contribution in [0.2, 0.25) is 0 Å². The summed E-state index contributed by atoms with van der Waals surface area (Å²) in [6.45, 7) is 3.80. The monoisotopic (exact) mass is 565 g/mol. The van der Waals surface area contributed by atoms with Crippen LogP contribution in [0.3, 0.4) is 0 Å². The lowest BCUT2D eigenvalue weighted by atomic mass is 9.77. The molecular formula is C31H32F2N4O4. The van der Waals surface area contributed by atoms with Crippen LogP contribution in [0.15, 0.2) is 36.4 Å². The molecule has 0 aliphatic carbocycles. The van der Waals surface area contributed by atoms with Gasteiger partial charge in [-0.15, -0.1) is 0 Å². The van der Waals surface area contributed by atoms with Crippen LogP contribution in [0.4, 0.5) is 13.6 Å². The highest BCUT2D eigenvalue weighted by atomic mass is 19.3. The van der Waals surface area contributed by atoms with Crippen LogP contribution in [0.25, 0.3) is 11.0 Å². The number of alkyl halides is 2. The van der Waals surface area contributed by atoms with Crippen molar-refractivity contribution in [2.24, 2.45) is 5.92 Å². The number of carbonyl (C=O) groups excluding carboxylic acids is 2. The zero-order chi connectivity index (χ0) is 31.9. The number of hydrogen-bond donors (Lipinski definition) is 0. The topological polar surface area (TPSA) is 76.9 Å². The fourth-order valence-electron chi connectivity index (χ4n) is 5.92. The molecule has 41 heavy (non-hydrogen) atoms. The molecule has 2 bridgehead atoms. The molecule has 214 valence electrons. The van der Waals surface area contributed by atoms with Crippen LogP contribution in [-0.4, -0.2) is 62.6 Å². The first-order valence-corrected chi connectivity index (χ1v) is 13.4. The van der Waals surface area contributed by atoms with Crippen molar-refractivity contribution in [3.8, 4) is 17.6 Å². The van der Waals surface area contributed by atoms with Crippen molar-refractivity contribution in [2.75, 3.05) is 13.5 Å². The Hall–Kier alpha value is -4.13. The first kappa shape index (κ1) is 23.6. The van der Waals surface area contributed by atoms with Gasteiger partial charge in [0.25, 0.3) is 5.91 Å². The molecule has 2 amide bonds. The van der Waals surface area contributed by atoms with E-state index in [0.29, 0.717) is 29.0 Å². The van der Waals surface area contributed by atoms with Gasteiger partial charge in [-0.2, -0.15) is 8.78 Å². The molecule has 1 saturated heterocycles. The normalized spacial score (nSPS) is 23.9. The van der Waals surface area contributed by atoms with E-state index in [9.17, 15) is 18.4 Å². The molecule has 6 rings (SSSR count). The Morgan fingerprint density at radius 2 is 2.00 bits per heavy atom. The number of likely N-dealkylation sites (tertiary alicyclic amines) is 1. The summed E-state index contributed by atoms with van der Waals surface area (Å²) in [5.74, 6) is 5.75. The minimum absolute atomic E-state index is 0.00280. The molecule has 1 fully saturated rings. The van der Waals surface area contributed by atoms with Gasteiger partial charge in [0.2, 0.25) is 0 Å². The van der Waals surface area contributed by atoms with Crippen molar-refractivity contribution in [3.05, 3.63) is 58.9 Å². The molecule has 3 aliphatic rings. The number of halogens is 2. The number of rotatable bonds is 2. The zero-order valence-corrected chi connectivity index (χ0v) is 23.4. The Kier molecular flexibility index (Phi) is 5.28. The van der Waals surface area contributed by atoms with E-state index >= 15 is 0 Å². The van der Waals surface area contributed by atoms with E-state index in [4.69, 9.17) is 18.6 Å². The van der Waals surface area contributed by atoms with E-state index in [1.807, 2.05) is 45.3 Å². The van der Waals surface area contributed by atoms with Gasteiger partial charge in [-0.25, -0.2) is 9.78 Å². The Bertz CT molecular complexity index is 1750. The minimum atomic E-state index is -3.14. The highest BCUT2D eigenvalue weighted by Gasteiger charge is 2.50. The third kappa shape index (κ3) is 4.39. The van der Waals surface area contributed by atoms with Gasteiger partial charge in [0.05, 0.1) is 34.6 Å². The number of carbonyl (C=O) groups is 2. The van der Waals surface area contributed by atoms with Crippen molar-refractivity contribution in [1.82, 2.24) is 19.4 Å². The Morgan fingerprint density at radius 1 is 1.22 bits per heavy atom. The van der Waals surface area contributed by atoms with Crippen LogP contribution in [0.5, 0.6) is 5.75 Å². The van der Waals surface area contributed by atoms with Gasteiger partial charge in [0.15, 0.2) is 0 Å². The third-order valence-corrected chi connectivity index (χ3v) is 8.07. The lowest BCUT2D eigenvalue weighted by Crippen LogP contribution is -2.65. The van der Waals surface area contributed by atoms with Gasteiger partial charge >= 0.3 is 12.7 Å². The summed E-state index contributed by atoms with van der Waals surface area (Å²) in [6.07, 6.45) is -0.259. The second-order valence-corrected chi connectivity index (χ2v) is 12.1. The molecule has 0 saturated carbocycles. The minimum Gasteiger partial charge on any atom is -0.444 e. The third-order valence-electron chi connectivity index (χ3n) is 8.07. The van der Waals surface area contributed by atoms with Crippen LogP contribution < -0.4 is 4.74 Å². The van der Waals surface area contributed by atoms with Gasteiger partial charge in [-0.05, 0) is 65.0 Å². The Balaban J connectivity index is 1.40. The van der Waals surface area contributed by atoms with Gasteiger partial charge in [0.1, 0.15) is 17.2 Å². The molecule has 1 aromatic heterocycles. The second-order valence-electron chi connectivity index (χ2n) is 12.1.